The summed E-state index contributed by atoms with van der Waals surface area (Å²) in [5.74, 6) is -0.118. The normalized spacial score (nSPS) is 26.0. The quantitative estimate of drug-likeness (QED) is 0.840. The Hall–Kier alpha value is -0.600. The molecule has 0 radical (unpaired) electrons. The molecule has 21 heavy (non-hydrogen) atoms. The van der Waals surface area contributed by atoms with E-state index >= 15 is 0 Å². The molecule has 0 heterocycles. The lowest BCUT2D eigenvalue weighted by Crippen LogP contribution is -2.54. The van der Waals surface area contributed by atoms with Gasteiger partial charge < -0.3 is 5.32 Å². The first-order valence-electron chi connectivity index (χ1n) is 8.31. The molecule has 4 rings (SSSR count). The SMILES string of the molecule is Fc1cccc(Cl)c1C1(CNC2CC2)CC2(CCCC2)C1. The maximum Gasteiger partial charge on any atom is 0.128 e. The van der Waals surface area contributed by atoms with Gasteiger partial charge in [-0.05, 0) is 56.1 Å². The van der Waals surface area contributed by atoms with Crippen molar-refractivity contribution in [3.05, 3.63) is 34.6 Å². The van der Waals surface area contributed by atoms with Gasteiger partial charge in [-0.2, -0.15) is 0 Å². The molecule has 0 bridgehead atoms. The molecule has 0 aromatic heterocycles. The van der Waals surface area contributed by atoms with Crippen molar-refractivity contribution < 1.29 is 4.39 Å². The Labute approximate surface area is 131 Å². The van der Waals surface area contributed by atoms with Gasteiger partial charge in [0, 0.05) is 28.6 Å². The third kappa shape index (κ3) is 2.41. The van der Waals surface area contributed by atoms with Gasteiger partial charge in [0.2, 0.25) is 0 Å². The average Bonchev–Trinajstić information content (AvgIpc) is 3.12. The third-order valence-corrected chi connectivity index (χ3v) is 6.21. The topological polar surface area (TPSA) is 12.0 Å². The van der Waals surface area contributed by atoms with Gasteiger partial charge in [-0.3, -0.25) is 0 Å². The van der Waals surface area contributed by atoms with Crippen LogP contribution in [0.2, 0.25) is 5.02 Å². The number of hydrogen-bond acceptors (Lipinski definition) is 1. The van der Waals surface area contributed by atoms with Crippen LogP contribution in [0.1, 0.15) is 56.9 Å². The molecule has 1 nitrogen and oxygen atoms in total. The summed E-state index contributed by atoms with van der Waals surface area (Å²) in [6.45, 7) is 0.889. The molecule has 1 N–H and O–H groups in total. The van der Waals surface area contributed by atoms with E-state index in [9.17, 15) is 4.39 Å². The number of benzene rings is 1. The van der Waals surface area contributed by atoms with E-state index in [1.54, 1.807) is 12.1 Å². The smallest absolute Gasteiger partial charge is 0.128 e. The van der Waals surface area contributed by atoms with Crippen LogP contribution in [0.25, 0.3) is 0 Å². The van der Waals surface area contributed by atoms with Crippen LogP contribution < -0.4 is 5.32 Å². The number of halogens is 2. The maximum absolute atomic E-state index is 14.5. The highest BCUT2D eigenvalue weighted by Gasteiger charge is 2.57. The summed E-state index contributed by atoms with van der Waals surface area (Å²) in [5.41, 5.74) is 1.18. The number of hydrogen-bond donors (Lipinski definition) is 1. The highest BCUT2D eigenvalue weighted by atomic mass is 35.5. The lowest BCUT2D eigenvalue weighted by atomic mass is 9.49. The minimum atomic E-state index is -0.118. The summed E-state index contributed by atoms with van der Waals surface area (Å²) in [5, 5.41) is 4.24. The van der Waals surface area contributed by atoms with Crippen molar-refractivity contribution in [1.82, 2.24) is 5.32 Å². The summed E-state index contributed by atoms with van der Waals surface area (Å²) in [7, 11) is 0. The van der Waals surface area contributed by atoms with Crippen molar-refractivity contribution in [2.24, 2.45) is 5.41 Å². The van der Waals surface area contributed by atoms with Gasteiger partial charge in [0.1, 0.15) is 5.82 Å². The molecule has 3 aliphatic rings. The standard InChI is InChI=1S/C18H23ClFN/c19-14-4-3-5-15(20)16(14)18(12-21-13-6-7-13)10-17(11-18)8-1-2-9-17/h3-5,13,21H,1-2,6-12H2. The van der Waals surface area contributed by atoms with Gasteiger partial charge in [-0.25, -0.2) is 4.39 Å². The Morgan fingerprint density at radius 2 is 1.90 bits per heavy atom. The van der Waals surface area contributed by atoms with E-state index in [0.717, 1.165) is 24.9 Å². The Bertz CT molecular complexity index is 518. The fraction of sp³-hybridized carbons (Fsp3) is 0.667. The number of rotatable bonds is 4. The van der Waals surface area contributed by atoms with Crippen LogP contribution in [0, 0.1) is 11.2 Å². The van der Waals surface area contributed by atoms with Crippen molar-refractivity contribution >= 4 is 11.6 Å². The Morgan fingerprint density at radius 1 is 1.19 bits per heavy atom. The van der Waals surface area contributed by atoms with E-state index in [4.69, 9.17) is 11.6 Å². The second-order valence-corrected chi connectivity index (χ2v) is 8.00. The van der Waals surface area contributed by atoms with E-state index in [1.807, 2.05) is 6.07 Å². The first-order chi connectivity index (χ1) is 10.1. The van der Waals surface area contributed by atoms with Crippen molar-refractivity contribution in [3.8, 4) is 0 Å². The summed E-state index contributed by atoms with van der Waals surface area (Å²) >= 11 is 6.38. The second kappa shape index (κ2) is 4.96. The molecular weight excluding hydrogens is 285 g/mol. The minimum absolute atomic E-state index is 0.0741. The van der Waals surface area contributed by atoms with Gasteiger partial charge >= 0.3 is 0 Å². The largest absolute Gasteiger partial charge is 0.313 e. The first kappa shape index (κ1) is 14.0. The molecule has 1 aromatic carbocycles. The highest BCUT2D eigenvalue weighted by molar-refractivity contribution is 6.31. The lowest BCUT2D eigenvalue weighted by molar-refractivity contribution is 0.0245. The van der Waals surface area contributed by atoms with E-state index in [1.165, 1.54) is 38.5 Å². The van der Waals surface area contributed by atoms with Crippen LogP contribution >= 0.6 is 11.6 Å². The molecule has 3 fully saturated rings. The molecule has 1 aromatic rings. The molecule has 0 unspecified atom stereocenters. The zero-order valence-electron chi connectivity index (χ0n) is 12.4. The van der Waals surface area contributed by atoms with Gasteiger partial charge in [-0.1, -0.05) is 30.5 Å². The number of nitrogens with one attached hydrogen (secondary N) is 1. The van der Waals surface area contributed by atoms with Crippen LogP contribution in [0.4, 0.5) is 4.39 Å². The second-order valence-electron chi connectivity index (χ2n) is 7.59. The monoisotopic (exact) mass is 307 g/mol. The molecule has 0 aliphatic heterocycles. The third-order valence-electron chi connectivity index (χ3n) is 5.89. The van der Waals surface area contributed by atoms with Gasteiger partial charge in [0.25, 0.3) is 0 Å². The van der Waals surface area contributed by atoms with E-state index in [2.05, 4.69) is 5.32 Å². The molecule has 1 spiro atoms. The molecule has 0 amide bonds. The van der Waals surface area contributed by atoms with Crippen molar-refractivity contribution in [1.29, 1.82) is 0 Å². The van der Waals surface area contributed by atoms with E-state index in [0.29, 0.717) is 16.5 Å². The molecule has 3 saturated carbocycles. The van der Waals surface area contributed by atoms with Crippen LogP contribution in [0.5, 0.6) is 0 Å². The molecule has 3 aliphatic carbocycles. The molecule has 3 heteroatoms. The first-order valence-corrected chi connectivity index (χ1v) is 8.68. The van der Waals surface area contributed by atoms with Gasteiger partial charge in [0.05, 0.1) is 0 Å². The summed E-state index contributed by atoms with van der Waals surface area (Å²) < 4.78 is 14.5. The lowest BCUT2D eigenvalue weighted by Gasteiger charge is -2.56. The van der Waals surface area contributed by atoms with Crippen molar-refractivity contribution in [2.75, 3.05) is 6.54 Å². The summed E-state index contributed by atoms with van der Waals surface area (Å²) in [4.78, 5) is 0. The van der Waals surface area contributed by atoms with Crippen molar-refractivity contribution in [2.45, 2.75) is 62.8 Å². The molecular formula is C18H23ClFN. The van der Waals surface area contributed by atoms with Crippen LogP contribution in [-0.4, -0.2) is 12.6 Å². The zero-order valence-corrected chi connectivity index (χ0v) is 13.2. The van der Waals surface area contributed by atoms with Gasteiger partial charge in [-0.15, -0.1) is 0 Å². The van der Waals surface area contributed by atoms with Gasteiger partial charge in [0.15, 0.2) is 0 Å². The summed E-state index contributed by atoms with van der Waals surface area (Å²) in [6, 6.07) is 5.79. The average molecular weight is 308 g/mol. The Morgan fingerprint density at radius 3 is 2.52 bits per heavy atom. The zero-order chi connectivity index (χ0) is 14.5. The summed E-state index contributed by atoms with van der Waals surface area (Å²) in [6.07, 6.45) is 10.1. The van der Waals surface area contributed by atoms with E-state index < -0.39 is 0 Å². The Kier molecular flexibility index (Phi) is 3.31. The fourth-order valence-electron chi connectivity index (χ4n) is 4.88. The minimum Gasteiger partial charge on any atom is -0.313 e. The predicted molar refractivity (Wildman–Crippen MR) is 84.2 cm³/mol. The fourth-order valence-corrected chi connectivity index (χ4v) is 5.25. The Balaban J connectivity index is 1.63. The highest BCUT2D eigenvalue weighted by Crippen LogP contribution is 2.63. The maximum atomic E-state index is 14.5. The molecule has 0 atom stereocenters. The molecule has 114 valence electrons. The van der Waals surface area contributed by atoms with Crippen LogP contribution in [0.15, 0.2) is 18.2 Å². The van der Waals surface area contributed by atoms with Crippen molar-refractivity contribution in [3.63, 3.8) is 0 Å². The van der Waals surface area contributed by atoms with Crippen LogP contribution in [-0.2, 0) is 5.41 Å². The van der Waals surface area contributed by atoms with E-state index in [-0.39, 0.29) is 11.2 Å². The molecule has 0 saturated heterocycles. The van der Waals surface area contributed by atoms with Crippen LogP contribution in [0.3, 0.4) is 0 Å². The predicted octanol–water partition coefficient (Wildman–Crippen LogP) is 4.82.